The second kappa shape index (κ2) is 4.00. The van der Waals surface area contributed by atoms with Gasteiger partial charge in [0.1, 0.15) is 5.58 Å². The monoisotopic (exact) mass is 202 g/mol. The molecule has 0 aliphatic carbocycles. The van der Waals surface area contributed by atoms with Gasteiger partial charge in [0.2, 0.25) is 0 Å². The molecule has 3 heteroatoms. The maximum Gasteiger partial charge on any atom is 0.330 e. The summed E-state index contributed by atoms with van der Waals surface area (Å²) >= 11 is 0. The van der Waals surface area contributed by atoms with E-state index >= 15 is 0 Å². The highest BCUT2D eigenvalue weighted by atomic mass is 16.5. The molecule has 1 aromatic heterocycles. The van der Waals surface area contributed by atoms with Crippen LogP contribution in [0.2, 0.25) is 0 Å². The summed E-state index contributed by atoms with van der Waals surface area (Å²) in [5.41, 5.74) is 1.68. The van der Waals surface area contributed by atoms with Gasteiger partial charge in [-0.25, -0.2) is 4.79 Å². The fourth-order valence-electron chi connectivity index (χ4n) is 1.35. The van der Waals surface area contributed by atoms with Crippen molar-refractivity contribution in [1.29, 1.82) is 0 Å². The molecule has 0 aliphatic heterocycles. The molecule has 2 aromatic rings. The number of carbonyl (C=O) groups excluding carboxylic acids is 1. The van der Waals surface area contributed by atoms with Crippen molar-refractivity contribution in [3.05, 3.63) is 42.2 Å². The minimum atomic E-state index is -0.375. The molecule has 1 heterocycles. The molecule has 1 aromatic carbocycles. The van der Waals surface area contributed by atoms with Crippen LogP contribution in [-0.4, -0.2) is 13.1 Å². The van der Waals surface area contributed by atoms with Crippen molar-refractivity contribution in [1.82, 2.24) is 0 Å². The number of hydrogen-bond donors (Lipinski definition) is 0. The maximum absolute atomic E-state index is 10.9. The van der Waals surface area contributed by atoms with Crippen LogP contribution in [0.5, 0.6) is 0 Å². The van der Waals surface area contributed by atoms with Gasteiger partial charge in [-0.1, -0.05) is 18.2 Å². The highest BCUT2D eigenvalue weighted by Crippen LogP contribution is 2.21. The quantitative estimate of drug-likeness (QED) is 0.555. The normalized spacial score (nSPS) is 11.0. The van der Waals surface area contributed by atoms with E-state index in [4.69, 9.17) is 4.42 Å². The average Bonchev–Trinajstić information content (AvgIpc) is 2.69. The van der Waals surface area contributed by atoms with Gasteiger partial charge in [0.15, 0.2) is 0 Å². The number of furan rings is 1. The summed E-state index contributed by atoms with van der Waals surface area (Å²) in [6.07, 6.45) is 4.67. The minimum absolute atomic E-state index is 0.375. The third-order valence-electron chi connectivity index (χ3n) is 2.11. The summed E-state index contributed by atoms with van der Waals surface area (Å²) in [5, 5.41) is 0.984. The lowest BCUT2D eigenvalue weighted by molar-refractivity contribution is -0.134. The van der Waals surface area contributed by atoms with Crippen molar-refractivity contribution < 1.29 is 13.9 Å². The number of fused-ring (bicyclic) bond motifs is 1. The first kappa shape index (κ1) is 9.52. The zero-order valence-corrected chi connectivity index (χ0v) is 8.27. The number of esters is 1. The number of methoxy groups -OCH3 is 1. The van der Waals surface area contributed by atoms with E-state index in [1.165, 1.54) is 13.2 Å². The predicted octanol–water partition coefficient (Wildman–Crippen LogP) is 2.62. The van der Waals surface area contributed by atoms with Gasteiger partial charge in [-0.15, -0.1) is 0 Å². The Morgan fingerprint density at radius 2 is 2.20 bits per heavy atom. The highest BCUT2D eigenvalue weighted by Gasteiger charge is 2.01. The van der Waals surface area contributed by atoms with Crippen molar-refractivity contribution in [3.63, 3.8) is 0 Å². The number of benzene rings is 1. The SMILES string of the molecule is COC(=O)C=Cc1coc2ccccc12. The second-order valence-corrected chi connectivity index (χ2v) is 3.04. The average molecular weight is 202 g/mol. The molecule has 0 fully saturated rings. The minimum Gasteiger partial charge on any atom is -0.466 e. The Bertz CT molecular complexity index is 508. The molecular weight excluding hydrogens is 192 g/mol. The third-order valence-corrected chi connectivity index (χ3v) is 2.11. The molecule has 0 amide bonds. The van der Waals surface area contributed by atoms with E-state index in [-0.39, 0.29) is 5.97 Å². The van der Waals surface area contributed by atoms with Crippen LogP contribution in [-0.2, 0) is 9.53 Å². The number of rotatable bonds is 2. The van der Waals surface area contributed by atoms with Crippen LogP contribution in [0.3, 0.4) is 0 Å². The fraction of sp³-hybridized carbons (Fsp3) is 0.0833. The van der Waals surface area contributed by atoms with Crippen molar-refractivity contribution in [2.24, 2.45) is 0 Å². The molecule has 0 aliphatic rings. The number of para-hydroxylation sites is 1. The van der Waals surface area contributed by atoms with Crippen LogP contribution < -0.4 is 0 Å². The highest BCUT2D eigenvalue weighted by molar-refractivity contribution is 5.92. The van der Waals surface area contributed by atoms with E-state index in [2.05, 4.69) is 4.74 Å². The maximum atomic E-state index is 10.9. The van der Waals surface area contributed by atoms with Crippen molar-refractivity contribution in [3.8, 4) is 0 Å². The smallest absolute Gasteiger partial charge is 0.330 e. The Labute approximate surface area is 87.0 Å². The van der Waals surface area contributed by atoms with Gasteiger partial charge in [0.25, 0.3) is 0 Å². The zero-order chi connectivity index (χ0) is 10.7. The topological polar surface area (TPSA) is 39.4 Å². The molecule has 0 radical (unpaired) electrons. The van der Waals surface area contributed by atoms with Gasteiger partial charge in [-0.05, 0) is 12.1 Å². The van der Waals surface area contributed by atoms with Crippen LogP contribution in [0.4, 0.5) is 0 Å². The van der Waals surface area contributed by atoms with Crippen LogP contribution >= 0.6 is 0 Å². The van der Waals surface area contributed by atoms with Gasteiger partial charge in [-0.3, -0.25) is 0 Å². The largest absolute Gasteiger partial charge is 0.466 e. The molecule has 76 valence electrons. The van der Waals surface area contributed by atoms with E-state index in [0.29, 0.717) is 0 Å². The predicted molar refractivity (Wildman–Crippen MR) is 57.3 cm³/mol. The standard InChI is InChI=1S/C12H10O3/c1-14-12(13)7-6-9-8-15-11-5-3-2-4-10(9)11/h2-8H,1H3. The molecule has 0 saturated carbocycles. The Morgan fingerprint density at radius 1 is 1.40 bits per heavy atom. The summed E-state index contributed by atoms with van der Waals surface area (Å²) < 4.78 is 9.82. The second-order valence-electron chi connectivity index (χ2n) is 3.04. The molecule has 0 spiro atoms. The Hall–Kier alpha value is -2.03. The summed E-state index contributed by atoms with van der Waals surface area (Å²) in [4.78, 5) is 10.9. The Balaban J connectivity index is 2.36. The van der Waals surface area contributed by atoms with Crippen LogP contribution in [0.1, 0.15) is 5.56 Å². The molecule has 0 bridgehead atoms. The van der Waals surface area contributed by atoms with E-state index in [9.17, 15) is 4.79 Å². The summed E-state index contributed by atoms with van der Waals surface area (Å²) in [5.74, 6) is -0.375. The summed E-state index contributed by atoms with van der Waals surface area (Å²) in [6.45, 7) is 0. The number of ether oxygens (including phenoxy) is 1. The molecular formula is C12H10O3. The molecule has 0 unspecified atom stereocenters. The first-order valence-electron chi connectivity index (χ1n) is 4.53. The van der Waals surface area contributed by atoms with E-state index in [0.717, 1.165) is 16.5 Å². The molecule has 2 rings (SSSR count). The van der Waals surface area contributed by atoms with Crippen molar-refractivity contribution >= 4 is 23.0 Å². The molecule has 0 atom stereocenters. The Morgan fingerprint density at radius 3 is 3.00 bits per heavy atom. The lowest BCUT2D eigenvalue weighted by atomic mass is 10.2. The fourth-order valence-corrected chi connectivity index (χ4v) is 1.35. The first-order chi connectivity index (χ1) is 7.31. The number of hydrogen-bond acceptors (Lipinski definition) is 3. The van der Waals surface area contributed by atoms with Gasteiger partial charge in [0.05, 0.1) is 13.4 Å². The van der Waals surface area contributed by atoms with Gasteiger partial charge in [-0.2, -0.15) is 0 Å². The zero-order valence-electron chi connectivity index (χ0n) is 8.27. The third kappa shape index (κ3) is 1.91. The van der Waals surface area contributed by atoms with E-state index in [1.807, 2.05) is 24.3 Å². The van der Waals surface area contributed by atoms with E-state index < -0.39 is 0 Å². The van der Waals surface area contributed by atoms with Crippen LogP contribution in [0.15, 0.2) is 41.0 Å². The van der Waals surface area contributed by atoms with Crippen molar-refractivity contribution in [2.75, 3.05) is 7.11 Å². The summed E-state index contributed by atoms with van der Waals surface area (Å²) in [6, 6.07) is 7.65. The van der Waals surface area contributed by atoms with Crippen LogP contribution in [0.25, 0.3) is 17.0 Å². The number of carbonyl (C=O) groups is 1. The molecule has 0 N–H and O–H groups in total. The first-order valence-corrected chi connectivity index (χ1v) is 4.53. The van der Waals surface area contributed by atoms with Gasteiger partial charge >= 0.3 is 5.97 Å². The Kier molecular flexibility index (Phi) is 2.54. The molecule has 0 saturated heterocycles. The van der Waals surface area contributed by atoms with Gasteiger partial charge in [0, 0.05) is 17.0 Å². The lowest BCUT2D eigenvalue weighted by Crippen LogP contribution is -1.92. The van der Waals surface area contributed by atoms with E-state index in [1.54, 1.807) is 12.3 Å². The van der Waals surface area contributed by atoms with Crippen LogP contribution in [0, 0.1) is 0 Å². The lowest BCUT2D eigenvalue weighted by Gasteiger charge is -1.90. The molecule has 15 heavy (non-hydrogen) atoms. The van der Waals surface area contributed by atoms with Gasteiger partial charge < -0.3 is 9.15 Å². The molecule has 3 nitrogen and oxygen atoms in total. The van der Waals surface area contributed by atoms with Crippen molar-refractivity contribution in [2.45, 2.75) is 0 Å². The summed E-state index contributed by atoms with van der Waals surface area (Å²) in [7, 11) is 1.35.